The molecule has 0 aliphatic rings. The smallest absolute Gasteiger partial charge is 0.293 e. The summed E-state index contributed by atoms with van der Waals surface area (Å²) in [6.07, 6.45) is 2.01. The van der Waals surface area contributed by atoms with E-state index in [2.05, 4.69) is 31.2 Å². The van der Waals surface area contributed by atoms with E-state index in [0.717, 1.165) is 24.8 Å². The molecule has 9 heteroatoms. The predicted octanol–water partition coefficient (Wildman–Crippen LogP) is 5.24. The predicted molar refractivity (Wildman–Crippen MR) is 98.9 cm³/mol. The molecule has 0 saturated carbocycles. The van der Waals surface area contributed by atoms with Crippen LogP contribution in [0.3, 0.4) is 0 Å². The molecule has 3 aromatic heterocycles. The van der Waals surface area contributed by atoms with Crippen LogP contribution in [0.15, 0.2) is 37.7 Å². The number of anilines is 1. The van der Waals surface area contributed by atoms with Gasteiger partial charge < -0.3 is 4.42 Å². The Morgan fingerprint density at radius 3 is 2.61 bits per heavy atom. The summed E-state index contributed by atoms with van der Waals surface area (Å²) < 4.78 is 8.93. The number of hydrogen-bond acceptors (Lipinski definition) is 7. The van der Waals surface area contributed by atoms with Gasteiger partial charge in [-0.25, -0.2) is 9.97 Å². The van der Waals surface area contributed by atoms with Gasteiger partial charge >= 0.3 is 0 Å². The number of carbonyl (C=O) groups is 1. The van der Waals surface area contributed by atoms with Gasteiger partial charge in [0.2, 0.25) is 0 Å². The molecule has 23 heavy (non-hydrogen) atoms. The Bertz CT molecular complexity index is 1040. The van der Waals surface area contributed by atoms with Gasteiger partial charge in [0.15, 0.2) is 19.9 Å². The molecule has 1 aromatic carbocycles. The number of amides is 1. The van der Waals surface area contributed by atoms with Gasteiger partial charge in [-0.15, -0.1) is 11.3 Å². The van der Waals surface area contributed by atoms with Crippen molar-refractivity contribution in [3.05, 3.63) is 34.7 Å². The number of thioether (sulfide) groups is 1. The molecule has 1 amide bonds. The largest absolute Gasteiger partial charge is 0.444 e. The van der Waals surface area contributed by atoms with Gasteiger partial charge in [0.25, 0.3) is 5.91 Å². The monoisotopic (exact) mass is 425 g/mol. The van der Waals surface area contributed by atoms with Crippen molar-refractivity contribution in [2.24, 2.45) is 0 Å². The lowest BCUT2D eigenvalue weighted by atomic mass is 10.3. The first-order valence-electron chi connectivity index (χ1n) is 6.45. The van der Waals surface area contributed by atoms with E-state index in [0.29, 0.717) is 9.80 Å². The highest BCUT2D eigenvalue weighted by molar-refractivity contribution is 9.10. The molecular weight excluding hydrogens is 418 g/mol. The Morgan fingerprint density at radius 1 is 1.17 bits per heavy atom. The molecule has 0 saturated heterocycles. The van der Waals surface area contributed by atoms with E-state index in [-0.39, 0.29) is 11.7 Å². The average Bonchev–Trinajstić information content (AvgIpc) is 3.22. The lowest BCUT2D eigenvalue weighted by Crippen LogP contribution is -2.10. The number of furan rings is 1. The summed E-state index contributed by atoms with van der Waals surface area (Å²) in [5.41, 5.74) is 1.82. The molecule has 0 spiro atoms. The van der Waals surface area contributed by atoms with E-state index >= 15 is 0 Å². The number of benzene rings is 1. The van der Waals surface area contributed by atoms with Crippen molar-refractivity contribution in [1.29, 1.82) is 0 Å². The summed E-state index contributed by atoms with van der Waals surface area (Å²) in [6, 6.07) is 7.18. The molecule has 0 unspecified atom stereocenters. The van der Waals surface area contributed by atoms with Gasteiger partial charge in [-0.3, -0.25) is 10.1 Å². The number of nitrogens with one attached hydrogen (secondary N) is 1. The van der Waals surface area contributed by atoms with Crippen molar-refractivity contribution < 1.29 is 9.21 Å². The van der Waals surface area contributed by atoms with Crippen LogP contribution in [0.2, 0.25) is 0 Å². The molecule has 0 aliphatic carbocycles. The van der Waals surface area contributed by atoms with E-state index < -0.39 is 0 Å². The normalized spacial score (nSPS) is 11.4. The molecule has 4 rings (SSSR count). The quantitative estimate of drug-likeness (QED) is 0.454. The van der Waals surface area contributed by atoms with Crippen molar-refractivity contribution >= 4 is 81.8 Å². The third kappa shape index (κ3) is 2.78. The molecule has 0 bridgehead atoms. The van der Waals surface area contributed by atoms with E-state index in [1.54, 1.807) is 35.2 Å². The van der Waals surface area contributed by atoms with Crippen LogP contribution >= 0.6 is 50.4 Å². The van der Waals surface area contributed by atoms with Crippen LogP contribution in [-0.2, 0) is 0 Å². The van der Waals surface area contributed by atoms with Gasteiger partial charge in [0, 0.05) is 0 Å². The summed E-state index contributed by atoms with van der Waals surface area (Å²) in [4.78, 5) is 21.2. The molecule has 3 heterocycles. The minimum absolute atomic E-state index is 0.240. The van der Waals surface area contributed by atoms with Crippen molar-refractivity contribution in [1.82, 2.24) is 9.97 Å². The van der Waals surface area contributed by atoms with E-state index in [1.165, 1.54) is 11.3 Å². The molecule has 0 radical (unpaired) electrons. The zero-order chi connectivity index (χ0) is 16.0. The Labute approximate surface area is 151 Å². The second-order valence-electron chi connectivity index (χ2n) is 4.52. The zero-order valence-corrected chi connectivity index (χ0v) is 15.7. The van der Waals surface area contributed by atoms with Crippen LogP contribution in [0.4, 0.5) is 5.13 Å². The Hall–Kier alpha value is -1.42. The Morgan fingerprint density at radius 2 is 1.91 bits per heavy atom. The number of thiazole rings is 2. The van der Waals surface area contributed by atoms with E-state index in [9.17, 15) is 4.79 Å². The van der Waals surface area contributed by atoms with Crippen LogP contribution in [0.5, 0.6) is 0 Å². The first-order chi connectivity index (χ1) is 11.1. The minimum atomic E-state index is -0.319. The van der Waals surface area contributed by atoms with Crippen molar-refractivity contribution in [2.45, 2.75) is 4.34 Å². The fourth-order valence-electron chi connectivity index (χ4n) is 2.09. The topological polar surface area (TPSA) is 68.0 Å². The van der Waals surface area contributed by atoms with Crippen LogP contribution in [0.1, 0.15) is 10.6 Å². The number of rotatable bonds is 3. The zero-order valence-electron chi connectivity index (χ0n) is 11.6. The number of halogens is 1. The maximum absolute atomic E-state index is 12.1. The molecule has 0 aliphatic heterocycles. The molecule has 5 nitrogen and oxygen atoms in total. The summed E-state index contributed by atoms with van der Waals surface area (Å²) in [5.74, 6) is -0.0798. The number of carbonyl (C=O) groups excluding carboxylic acids is 1. The highest BCUT2D eigenvalue weighted by Gasteiger charge is 2.15. The highest BCUT2D eigenvalue weighted by atomic mass is 79.9. The third-order valence-corrected chi connectivity index (χ3v) is 6.72. The molecule has 0 atom stereocenters. The molecule has 0 fully saturated rings. The molecular formula is C14H8BrN3O2S3. The third-order valence-electron chi connectivity index (χ3n) is 3.08. The van der Waals surface area contributed by atoms with Crippen LogP contribution in [0, 0.1) is 0 Å². The lowest BCUT2D eigenvalue weighted by molar-refractivity contribution is 0.0995. The van der Waals surface area contributed by atoms with Crippen LogP contribution < -0.4 is 5.32 Å². The molecule has 1 N–H and O–H groups in total. The molecule has 4 aromatic rings. The number of hydrogen-bond donors (Lipinski definition) is 1. The van der Waals surface area contributed by atoms with Gasteiger partial charge in [-0.2, -0.15) is 0 Å². The second kappa shape index (κ2) is 5.90. The van der Waals surface area contributed by atoms with Gasteiger partial charge in [-0.05, 0) is 46.5 Å². The fraction of sp³-hybridized carbons (Fsp3) is 0.0714. The van der Waals surface area contributed by atoms with Gasteiger partial charge in [-0.1, -0.05) is 23.1 Å². The first-order valence-corrected chi connectivity index (χ1v) is 10.1. The fourth-order valence-corrected chi connectivity index (χ4v) is 5.05. The maximum atomic E-state index is 12.1. The summed E-state index contributed by atoms with van der Waals surface area (Å²) in [5, 5.41) is 3.32. The van der Waals surface area contributed by atoms with Gasteiger partial charge in [0.05, 0.1) is 20.4 Å². The van der Waals surface area contributed by atoms with Crippen LogP contribution in [0.25, 0.3) is 20.4 Å². The van der Waals surface area contributed by atoms with Crippen molar-refractivity contribution in [3.8, 4) is 0 Å². The van der Waals surface area contributed by atoms with Crippen LogP contribution in [-0.4, -0.2) is 22.1 Å². The second-order valence-corrected chi connectivity index (χ2v) is 8.36. The minimum Gasteiger partial charge on any atom is -0.444 e. The summed E-state index contributed by atoms with van der Waals surface area (Å²) >= 11 is 7.90. The van der Waals surface area contributed by atoms with Crippen molar-refractivity contribution in [3.63, 3.8) is 0 Å². The molecule has 116 valence electrons. The summed E-state index contributed by atoms with van der Waals surface area (Å²) in [6.45, 7) is 0. The number of nitrogens with zero attached hydrogens (tertiary/aromatic N) is 2. The average molecular weight is 426 g/mol. The lowest BCUT2D eigenvalue weighted by Gasteiger charge is -1.96. The number of aromatic nitrogens is 2. The first kappa shape index (κ1) is 15.1. The standard InChI is InChI=1S/C14H8BrN3O2S3/c1-21-14-17-7-3-2-6-10(11(7)23-14)22-13(16-6)18-12(19)8-4-5-9(15)20-8/h2-5H,1H3,(H,16,18,19). The SMILES string of the molecule is CSc1nc2ccc3nc(NC(=O)c4ccc(Br)o4)sc3c2s1. The highest BCUT2D eigenvalue weighted by Crippen LogP contribution is 2.38. The maximum Gasteiger partial charge on any atom is 0.293 e. The van der Waals surface area contributed by atoms with Crippen molar-refractivity contribution in [2.75, 3.05) is 11.6 Å². The Kier molecular flexibility index (Phi) is 3.88. The summed E-state index contributed by atoms with van der Waals surface area (Å²) in [7, 11) is 0. The van der Waals surface area contributed by atoms with E-state index in [4.69, 9.17) is 4.42 Å². The Balaban J connectivity index is 1.72. The number of fused-ring (bicyclic) bond motifs is 3. The van der Waals surface area contributed by atoms with E-state index in [1.807, 2.05) is 18.4 Å². The van der Waals surface area contributed by atoms with Gasteiger partial charge in [0.1, 0.15) is 0 Å².